The summed E-state index contributed by atoms with van der Waals surface area (Å²) in [6.45, 7) is 1.81. The Balaban J connectivity index is 1.36. The van der Waals surface area contributed by atoms with Crippen molar-refractivity contribution in [3.8, 4) is 11.5 Å². The summed E-state index contributed by atoms with van der Waals surface area (Å²) in [6.07, 6.45) is 0.360. The summed E-state index contributed by atoms with van der Waals surface area (Å²) in [7, 11) is 0. The molecule has 2 aromatic rings. The quantitative estimate of drug-likeness (QED) is 0.681. The third kappa shape index (κ3) is 5.16. The number of rotatable bonds is 7. The zero-order valence-corrected chi connectivity index (χ0v) is 16.3. The van der Waals surface area contributed by atoms with E-state index in [1.165, 1.54) is 4.88 Å². The van der Waals surface area contributed by atoms with Gasteiger partial charge in [-0.15, -0.1) is 11.3 Å². The molecule has 0 atom stereocenters. The van der Waals surface area contributed by atoms with Crippen LogP contribution in [-0.4, -0.2) is 31.4 Å². The number of hydrogen-bond acceptors (Lipinski definition) is 5. The molecule has 0 saturated heterocycles. The predicted molar refractivity (Wildman–Crippen MR) is 102 cm³/mol. The van der Waals surface area contributed by atoms with Crippen LogP contribution in [0.2, 0.25) is 0 Å². The van der Waals surface area contributed by atoms with Crippen molar-refractivity contribution in [3.05, 3.63) is 44.6 Å². The lowest BCUT2D eigenvalue weighted by Crippen LogP contribution is -2.27. The van der Waals surface area contributed by atoms with E-state index in [2.05, 4.69) is 33.4 Å². The van der Waals surface area contributed by atoms with Crippen molar-refractivity contribution in [1.82, 2.24) is 5.32 Å². The molecule has 2 heterocycles. The largest absolute Gasteiger partial charge is 0.486 e. The highest BCUT2D eigenvalue weighted by atomic mass is 79.9. The SMILES string of the molecule is O=C(Cc1ccc2c(c1)OCCO2)NCCSCc1ccc(Br)s1. The standard InChI is InChI=1S/C17H18BrNO3S2/c18-16-4-2-13(24-16)11-23-8-5-19-17(20)10-12-1-3-14-15(9-12)22-7-6-21-14/h1-4,9H,5-8,10-11H2,(H,19,20). The summed E-state index contributed by atoms with van der Waals surface area (Å²) >= 11 is 7.04. The first kappa shape index (κ1) is 17.6. The molecule has 0 unspecified atom stereocenters. The molecular formula is C17H18BrNO3S2. The van der Waals surface area contributed by atoms with Crippen LogP contribution in [0, 0.1) is 0 Å². The molecule has 3 rings (SSSR count). The van der Waals surface area contributed by atoms with E-state index >= 15 is 0 Å². The molecule has 7 heteroatoms. The minimum atomic E-state index is 0.0335. The molecule has 24 heavy (non-hydrogen) atoms. The van der Waals surface area contributed by atoms with E-state index in [1.807, 2.05) is 30.0 Å². The molecule has 0 bridgehead atoms. The summed E-state index contributed by atoms with van der Waals surface area (Å²) in [5, 5.41) is 2.96. The Hall–Kier alpha value is -1.18. The van der Waals surface area contributed by atoms with Crippen LogP contribution in [0.15, 0.2) is 34.1 Å². The second kappa shape index (κ2) is 8.78. The van der Waals surface area contributed by atoms with E-state index in [9.17, 15) is 4.79 Å². The van der Waals surface area contributed by atoms with Gasteiger partial charge in [-0.2, -0.15) is 11.8 Å². The first-order valence-electron chi connectivity index (χ1n) is 7.68. The lowest BCUT2D eigenvalue weighted by molar-refractivity contribution is -0.120. The normalized spacial score (nSPS) is 12.9. The molecule has 0 fully saturated rings. The highest BCUT2D eigenvalue weighted by molar-refractivity contribution is 9.11. The molecule has 4 nitrogen and oxygen atoms in total. The molecule has 1 aliphatic heterocycles. The number of nitrogens with one attached hydrogen (secondary N) is 1. The van der Waals surface area contributed by atoms with Gasteiger partial charge in [-0.05, 0) is 45.8 Å². The van der Waals surface area contributed by atoms with Gasteiger partial charge in [-0.1, -0.05) is 6.07 Å². The van der Waals surface area contributed by atoms with Gasteiger partial charge in [0.05, 0.1) is 10.2 Å². The first-order chi connectivity index (χ1) is 11.7. The van der Waals surface area contributed by atoms with Crippen molar-refractivity contribution in [2.45, 2.75) is 12.2 Å². The molecule has 0 radical (unpaired) electrons. The summed E-state index contributed by atoms with van der Waals surface area (Å²) < 4.78 is 12.2. The van der Waals surface area contributed by atoms with Gasteiger partial charge in [0.15, 0.2) is 11.5 Å². The minimum absolute atomic E-state index is 0.0335. The number of thiophene rings is 1. The lowest BCUT2D eigenvalue weighted by atomic mass is 10.1. The van der Waals surface area contributed by atoms with E-state index in [0.29, 0.717) is 26.2 Å². The highest BCUT2D eigenvalue weighted by Gasteiger charge is 2.13. The monoisotopic (exact) mass is 427 g/mol. The maximum atomic E-state index is 12.0. The first-order valence-corrected chi connectivity index (χ1v) is 10.4. The number of halogens is 1. The van der Waals surface area contributed by atoms with Crippen LogP contribution in [0.25, 0.3) is 0 Å². The average Bonchev–Trinajstić information content (AvgIpc) is 3.00. The van der Waals surface area contributed by atoms with E-state index in [0.717, 1.165) is 32.4 Å². The van der Waals surface area contributed by atoms with Crippen LogP contribution >= 0.6 is 39.0 Å². The number of ether oxygens (including phenoxy) is 2. The summed E-state index contributed by atoms with van der Waals surface area (Å²) in [5.41, 5.74) is 0.938. The second-order valence-corrected chi connectivity index (χ2v) is 8.92. The van der Waals surface area contributed by atoms with Gasteiger partial charge in [0, 0.05) is 22.9 Å². The number of amides is 1. The van der Waals surface area contributed by atoms with Gasteiger partial charge < -0.3 is 14.8 Å². The molecule has 0 aliphatic carbocycles. The van der Waals surface area contributed by atoms with Crippen LogP contribution in [0.1, 0.15) is 10.4 Å². The number of carbonyl (C=O) groups excluding carboxylic acids is 1. The Morgan fingerprint density at radius 3 is 2.83 bits per heavy atom. The van der Waals surface area contributed by atoms with Gasteiger partial charge in [0.25, 0.3) is 0 Å². The smallest absolute Gasteiger partial charge is 0.224 e. The Kier molecular flexibility index (Phi) is 6.45. The maximum Gasteiger partial charge on any atom is 0.224 e. The zero-order valence-electron chi connectivity index (χ0n) is 13.0. The minimum Gasteiger partial charge on any atom is -0.486 e. The van der Waals surface area contributed by atoms with Crippen LogP contribution < -0.4 is 14.8 Å². The topological polar surface area (TPSA) is 47.6 Å². The van der Waals surface area contributed by atoms with Crippen molar-refractivity contribution in [2.75, 3.05) is 25.5 Å². The van der Waals surface area contributed by atoms with Crippen molar-refractivity contribution < 1.29 is 14.3 Å². The van der Waals surface area contributed by atoms with Crippen LogP contribution in [0.5, 0.6) is 11.5 Å². The molecule has 1 N–H and O–H groups in total. The van der Waals surface area contributed by atoms with E-state index in [-0.39, 0.29) is 5.91 Å². The fourth-order valence-corrected chi connectivity index (χ4v) is 4.76. The van der Waals surface area contributed by atoms with Crippen molar-refractivity contribution in [2.24, 2.45) is 0 Å². The molecule has 1 amide bonds. The lowest BCUT2D eigenvalue weighted by Gasteiger charge is -2.18. The Bertz CT molecular complexity index is 705. The van der Waals surface area contributed by atoms with Crippen LogP contribution in [0.4, 0.5) is 0 Å². The van der Waals surface area contributed by atoms with Gasteiger partial charge >= 0.3 is 0 Å². The van der Waals surface area contributed by atoms with E-state index in [1.54, 1.807) is 11.3 Å². The number of carbonyl (C=O) groups is 1. The van der Waals surface area contributed by atoms with Crippen LogP contribution in [0.3, 0.4) is 0 Å². The van der Waals surface area contributed by atoms with Gasteiger partial charge in [-0.25, -0.2) is 0 Å². The number of thioether (sulfide) groups is 1. The van der Waals surface area contributed by atoms with E-state index < -0.39 is 0 Å². The second-order valence-electron chi connectivity index (χ2n) is 5.26. The summed E-state index contributed by atoms with van der Waals surface area (Å²) in [5.74, 6) is 3.40. The van der Waals surface area contributed by atoms with Crippen molar-refractivity contribution in [3.63, 3.8) is 0 Å². The molecule has 0 saturated carbocycles. The highest BCUT2D eigenvalue weighted by Crippen LogP contribution is 2.30. The summed E-state index contributed by atoms with van der Waals surface area (Å²) in [4.78, 5) is 13.4. The number of benzene rings is 1. The van der Waals surface area contributed by atoms with Gasteiger partial charge in [0.2, 0.25) is 5.91 Å². The third-order valence-electron chi connectivity index (χ3n) is 3.41. The number of hydrogen-bond donors (Lipinski definition) is 1. The van der Waals surface area contributed by atoms with Gasteiger partial charge in [-0.3, -0.25) is 4.79 Å². The molecule has 1 aliphatic rings. The van der Waals surface area contributed by atoms with Crippen molar-refractivity contribution in [1.29, 1.82) is 0 Å². The summed E-state index contributed by atoms with van der Waals surface area (Å²) in [6, 6.07) is 9.86. The third-order valence-corrected chi connectivity index (χ3v) is 6.23. The van der Waals surface area contributed by atoms with Crippen molar-refractivity contribution >= 4 is 44.9 Å². The Morgan fingerprint density at radius 2 is 2.04 bits per heavy atom. The molecular weight excluding hydrogens is 410 g/mol. The molecule has 0 spiro atoms. The fraction of sp³-hybridized carbons (Fsp3) is 0.353. The van der Waals surface area contributed by atoms with Crippen LogP contribution in [-0.2, 0) is 17.0 Å². The fourth-order valence-electron chi connectivity index (χ4n) is 2.31. The average molecular weight is 428 g/mol. The molecule has 128 valence electrons. The molecule has 1 aromatic carbocycles. The predicted octanol–water partition coefficient (Wildman–Crippen LogP) is 3.87. The zero-order chi connectivity index (χ0) is 16.8. The maximum absolute atomic E-state index is 12.0. The van der Waals surface area contributed by atoms with Gasteiger partial charge in [0.1, 0.15) is 13.2 Å². The van der Waals surface area contributed by atoms with E-state index in [4.69, 9.17) is 9.47 Å². The molecule has 1 aromatic heterocycles. The number of fused-ring (bicyclic) bond motifs is 1. The Morgan fingerprint density at radius 1 is 1.21 bits per heavy atom. The Labute approximate surface area is 158 Å².